The van der Waals surface area contributed by atoms with Crippen molar-refractivity contribution in [2.45, 2.75) is 49.5 Å². The molecule has 9 N–H and O–H groups in total. The number of carbonyl (C=O) groups is 3. The van der Waals surface area contributed by atoms with E-state index in [0.29, 0.717) is 11.4 Å². The van der Waals surface area contributed by atoms with Crippen LogP contribution in [0.2, 0.25) is 0 Å². The second-order valence-corrected chi connectivity index (χ2v) is 9.20. The van der Waals surface area contributed by atoms with Crippen LogP contribution in [0, 0.1) is 0 Å². The van der Waals surface area contributed by atoms with E-state index in [2.05, 4.69) is 4.98 Å². The van der Waals surface area contributed by atoms with Gasteiger partial charge in [-0.25, -0.2) is 0 Å². The van der Waals surface area contributed by atoms with Crippen molar-refractivity contribution in [2.75, 3.05) is 46.0 Å². The molecular weight excluding hydrogens is 524 g/mol. The molecule has 0 amide bonds. The van der Waals surface area contributed by atoms with E-state index < -0.39 is 74.2 Å². The molecule has 220 valence electrons. The van der Waals surface area contributed by atoms with Gasteiger partial charge in [0.25, 0.3) is 0 Å². The lowest BCUT2D eigenvalue weighted by atomic mass is 10.1. The van der Waals surface area contributed by atoms with Gasteiger partial charge in [-0.05, 0) is 12.1 Å². The number of carboxylic acid groups (broad SMARTS) is 3. The molecule has 39 heavy (non-hydrogen) atoms. The van der Waals surface area contributed by atoms with Gasteiger partial charge in [0.05, 0.1) is 31.2 Å². The van der Waals surface area contributed by atoms with Crippen molar-refractivity contribution in [3.63, 3.8) is 0 Å². The summed E-state index contributed by atoms with van der Waals surface area (Å²) in [5, 5.41) is 88.5. The Kier molecular flexibility index (Phi) is 12.6. The molecule has 0 saturated heterocycles. The number of hydrogen-bond donors (Lipinski definition) is 9. The quantitative estimate of drug-likeness (QED) is 0.117. The summed E-state index contributed by atoms with van der Waals surface area (Å²) in [6, 6.07) is -0.189. The number of aromatic nitrogens is 1. The molecule has 0 aromatic carbocycles. The molecule has 0 fully saturated rings. The molecular formula is C23H36N4O12. The minimum atomic E-state index is -1.76. The summed E-state index contributed by atoms with van der Waals surface area (Å²) in [5.74, 6) is -4.42. The maximum atomic E-state index is 12.1. The first-order valence-electron chi connectivity index (χ1n) is 12.2. The topological polar surface area (TPSA) is 256 Å². The van der Waals surface area contributed by atoms with Crippen molar-refractivity contribution >= 4 is 17.9 Å². The number of hydrogen-bond acceptors (Lipinski definition) is 13. The molecule has 6 unspecified atom stereocenters. The number of fused-ring (bicyclic) bond motifs is 2. The van der Waals surface area contributed by atoms with Crippen LogP contribution >= 0.6 is 0 Å². The lowest BCUT2D eigenvalue weighted by molar-refractivity contribution is -0.154. The minimum absolute atomic E-state index is 0.169. The van der Waals surface area contributed by atoms with E-state index in [0.717, 1.165) is 0 Å². The largest absolute Gasteiger partial charge is 0.480 e. The van der Waals surface area contributed by atoms with E-state index in [9.17, 15) is 60.3 Å². The monoisotopic (exact) mass is 560 g/mol. The molecule has 1 aromatic rings. The summed E-state index contributed by atoms with van der Waals surface area (Å²) in [6.45, 7) is -3.87. The molecule has 16 heteroatoms. The highest BCUT2D eigenvalue weighted by atomic mass is 16.4. The Bertz CT molecular complexity index is 912. The molecule has 6 atom stereocenters. The third-order valence-electron chi connectivity index (χ3n) is 6.54. The smallest absolute Gasteiger partial charge is 0.323 e. The Hall–Kier alpha value is -2.80. The maximum absolute atomic E-state index is 12.1. The van der Waals surface area contributed by atoms with Crippen molar-refractivity contribution in [1.82, 2.24) is 19.7 Å². The van der Waals surface area contributed by atoms with Crippen molar-refractivity contribution < 1.29 is 60.3 Å². The fourth-order valence-electron chi connectivity index (χ4n) is 4.65. The van der Waals surface area contributed by atoms with Gasteiger partial charge in [-0.2, -0.15) is 0 Å². The van der Waals surface area contributed by atoms with E-state index in [1.54, 1.807) is 18.2 Å². The van der Waals surface area contributed by atoms with E-state index in [1.165, 1.54) is 14.7 Å². The van der Waals surface area contributed by atoms with Gasteiger partial charge in [-0.15, -0.1) is 0 Å². The van der Waals surface area contributed by atoms with Crippen LogP contribution in [-0.4, -0.2) is 166 Å². The Labute approximate surface area is 223 Å². The first kappa shape index (κ1) is 32.4. The van der Waals surface area contributed by atoms with Crippen LogP contribution in [0.3, 0.4) is 0 Å². The summed E-state index contributed by atoms with van der Waals surface area (Å²) in [7, 11) is 0. The van der Waals surface area contributed by atoms with Crippen LogP contribution in [0.15, 0.2) is 18.2 Å². The lowest BCUT2D eigenvalue weighted by Gasteiger charge is -2.38. The molecule has 2 heterocycles. The zero-order chi connectivity index (χ0) is 29.3. The molecule has 0 saturated carbocycles. The normalized spacial score (nSPS) is 21.0. The molecule has 1 aliphatic rings. The van der Waals surface area contributed by atoms with Gasteiger partial charge in [0.1, 0.15) is 36.4 Å². The van der Waals surface area contributed by atoms with Gasteiger partial charge < -0.3 is 46.0 Å². The van der Waals surface area contributed by atoms with Crippen LogP contribution in [0.5, 0.6) is 0 Å². The van der Waals surface area contributed by atoms with Crippen LogP contribution < -0.4 is 0 Å². The third-order valence-corrected chi connectivity index (χ3v) is 6.54. The summed E-state index contributed by atoms with van der Waals surface area (Å²) >= 11 is 0. The summed E-state index contributed by atoms with van der Waals surface area (Å²) < 4.78 is 0. The molecule has 2 bridgehead atoms. The molecule has 1 aliphatic heterocycles. The number of pyridine rings is 1. The van der Waals surface area contributed by atoms with Crippen molar-refractivity contribution in [1.29, 1.82) is 0 Å². The fraction of sp³-hybridized carbons (Fsp3) is 0.652. The van der Waals surface area contributed by atoms with Gasteiger partial charge in [0.2, 0.25) is 0 Å². The van der Waals surface area contributed by atoms with Crippen LogP contribution in [0.1, 0.15) is 11.4 Å². The Morgan fingerprint density at radius 2 is 0.949 bits per heavy atom. The number of aliphatic hydroxyl groups excluding tert-OH is 6. The number of carboxylic acids is 3. The average molecular weight is 561 g/mol. The van der Waals surface area contributed by atoms with Crippen LogP contribution in [0.4, 0.5) is 0 Å². The first-order valence-corrected chi connectivity index (χ1v) is 12.2. The summed E-state index contributed by atoms with van der Waals surface area (Å²) in [5.41, 5.74) is 0.631. The standard InChI is InChI=1S/C23H36N4O12/c28-10-15(31)18(21(34)35)25-4-6-26(19(22(36)37)16(32)11-29)8-13-2-1-3-14(24-13)9-27(7-5-25)20(23(38)39)17(33)12-30/h1-3,15-20,28-33H,4-12H2,(H,34,35)(H,36,37)(H,38,39). The number of aliphatic carboxylic acids is 3. The predicted molar refractivity (Wildman–Crippen MR) is 130 cm³/mol. The first-order chi connectivity index (χ1) is 18.4. The molecule has 16 nitrogen and oxygen atoms in total. The second kappa shape index (κ2) is 15.1. The van der Waals surface area contributed by atoms with E-state index in [4.69, 9.17) is 0 Å². The van der Waals surface area contributed by atoms with Gasteiger partial charge in [-0.3, -0.25) is 34.1 Å². The van der Waals surface area contributed by atoms with Crippen LogP contribution in [-0.2, 0) is 27.5 Å². The Balaban J connectivity index is 2.61. The maximum Gasteiger partial charge on any atom is 0.323 e. The molecule has 1 aromatic heterocycles. The Morgan fingerprint density at radius 1 is 0.641 bits per heavy atom. The highest BCUT2D eigenvalue weighted by Gasteiger charge is 2.38. The zero-order valence-electron chi connectivity index (χ0n) is 21.1. The lowest BCUT2D eigenvalue weighted by Crippen LogP contribution is -2.58. The molecule has 2 rings (SSSR count). The van der Waals surface area contributed by atoms with Crippen LogP contribution in [0.25, 0.3) is 0 Å². The summed E-state index contributed by atoms with van der Waals surface area (Å²) in [4.78, 5) is 44.4. The molecule has 0 spiro atoms. The average Bonchev–Trinajstić information content (AvgIpc) is 2.88. The fourth-order valence-corrected chi connectivity index (χ4v) is 4.65. The minimum Gasteiger partial charge on any atom is -0.480 e. The highest BCUT2D eigenvalue weighted by molar-refractivity contribution is 5.75. The van der Waals surface area contributed by atoms with Crippen molar-refractivity contribution in [2.24, 2.45) is 0 Å². The Morgan fingerprint density at radius 3 is 1.26 bits per heavy atom. The van der Waals surface area contributed by atoms with E-state index >= 15 is 0 Å². The van der Waals surface area contributed by atoms with E-state index in [1.807, 2.05) is 0 Å². The number of nitrogens with zero attached hydrogens (tertiary/aromatic N) is 4. The van der Waals surface area contributed by atoms with Gasteiger partial charge >= 0.3 is 17.9 Å². The van der Waals surface area contributed by atoms with Gasteiger partial charge in [0.15, 0.2) is 0 Å². The van der Waals surface area contributed by atoms with Gasteiger partial charge in [-0.1, -0.05) is 6.07 Å². The zero-order valence-corrected chi connectivity index (χ0v) is 21.1. The predicted octanol–water partition coefficient (Wildman–Crippen LogP) is -4.58. The summed E-state index contributed by atoms with van der Waals surface area (Å²) in [6.07, 6.45) is -5.16. The molecule has 0 radical (unpaired) electrons. The van der Waals surface area contributed by atoms with Crippen molar-refractivity contribution in [3.8, 4) is 0 Å². The number of aliphatic hydroxyl groups is 6. The molecule has 0 aliphatic carbocycles. The number of rotatable bonds is 12. The highest BCUT2D eigenvalue weighted by Crippen LogP contribution is 2.18. The van der Waals surface area contributed by atoms with Crippen molar-refractivity contribution in [3.05, 3.63) is 29.6 Å². The SMILES string of the molecule is O=C(O)C(C(O)CO)N1CCN(C(C(=O)O)C(O)CO)Cc2cccc(n2)CN(C(C(=O)O)C(O)CO)CC1. The van der Waals surface area contributed by atoms with Gasteiger partial charge in [0, 0.05) is 39.3 Å². The van der Waals surface area contributed by atoms with E-state index in [-0.39, 0.29) is 39.3 Å². The second-order valence-electron chi connectivity index (χ2n) is 9.20. The third kappa shape index (κ3) is 8.59.